The molecule has 0 amide bonds. The highest BCUT2D eigenvalue weighted by molar-refractivity contribution is 9.12. The molecule has 2 heterocycles. The molecular formula is C51H42BBrF6O8. The van der Waals surface area contributed by atoms with Crippen molar-refractivity contribution >= 4 is 58.2 Å². The van der Waals surface area contributed by atoms with E-state index in [9.17, 15) is 41.0 Å². The molecule has 8 nitrogen and oxygen atoms in total. The summed E-state index contributed by atoms with van der Waals surface area (Å²) in [5, 5.41) is 28.4. The molecule has 2 aliphatic heterocycles. The number of alkyl halides is 6. The van der Waals surface area contributed by atoms with Crippen LogP contribution in [0.25, 0.3) is 40.0 Å². The average molecular weight is 988 g/mol. The lowest BCUT2D eigenvalue weighted by molar-refractivity contribution is -0.138. The molecule has 2 aliphatic rings. The van der Waals surface area contributed by atoms with Crippen molar-refractivity contribution in [2.24, 2.45) is 0 Å². The van der Waals surface area contributed by atoms with Crippen molar-refractivity contribution in [2.45, 2.75) is 27.2 Å². The van der Waals surface area contributed by atoms with Gasteiger partial charge in [0.1, 0.15) is 10.1 Å². The number of hydrogen-bond acceptors (Lipinski definition) is 8. The first-order chi connectivity index (χ1) is 31.0. The van der Waals surface area contributed by atoms with Crippen molar-refractivity contribution in [3.05, 3.63) is 213 Å². The third kappa shape index (κ3) is 13.0. The molecule has 0 atom stereocenters. The highest BCUT2D eigenvalue weighted by Gasteiger charge is 2.36. The van der Waals surface area contributed by atoms with E-state index in [0.717, 1.165) is 46.5 Å². The molecule has 0 spiro atoms. The van der Waals surface area contributed by atoms with E-state index in [-0.39, 0.29) is 53.3 Å². The monoisotopic (exact) mass is 986 g/mol. The Morgan fingerprint density at radius 1 is 0.537 bits per heavy atom. The van der Waals surface area contributed by atoms with Gasteiger partial charge in [0.15, 0.2) is 23.0 Å². The van der Waals surface area contributed by atoms with Gasteiger partial charge in [-0.05, 0) is 84.6 Å². The lowest BCUT2D eigenvalue weighted by Crippen LogP contribution is -2.29. The lowest BCUT2D eigenvalue weighted by atomic mass is 9.80. The lowest BCUT2D eigenvalue weighted by Gasteiger charge is -2.10. The summed E-state index contributed by atoms with van der Waals surface area (Å²) >= 11 is 2.96. The van der Waals surface area contributed by atoms with Crippen LogP contribution in [0.1, 0.15) is 42.7 Å². The van der Waals surface area contributed by atoms with E-state index in [0.29, 0.717) is 11.0 Å². The highest BCUT2D eigenvalue weighted by atomic mass is 79.9. The van der Waals surface area contributed by atoms with Gasteiger partial charge in [-0.1, -0.05) is 160 Å². The molecule has 0 saturated heterocycles. The minimum Gasteiger partial charge on any atom is -0.504 e. The van der Waals surface area contributed by atoms with E-state index in [1.165, 1.54) is 43.5 Å². The second-order valence-corrected chi connectivity index (χ2v) is 14.6. The van der Waals surface area contributed by atoms with Crippen LogP contribution in [0.2, 0.25) is 0 Å². The normalized spacial score (nSPS) is 14.5. The fourth-order valence-corrected chi connectivity index (χ4v) is 6.87. The quantitative estimate of drug-likeness (QED) is 0.0821. The molecule has 0 fully saturated rings. The standard InChI is InChI=1S/C24H15F3O3.C13H8BrF3O3.C12H11BO2.2CH4/c25-24(26,27)19-9-5-4-8-18(19)14-20-22(28)21(23(29)30-20)17-12-10-16(11-13-17)15-6-2-1-3-7-15;1-19-11-9(20-12(18)10(11)14)6-7-4-2-3-5-8(7)13(15,16)17;14-13(15)12-8-6-11(7-9-12)10-4-2-1-3-5-10;;/h1-14,28H;2-6H,1H3;1-9,14-15H;2*1H4/b20-14-;9-6-;;;. The Bertz CT molecular complexity index is 2790. The summed E-state index contributed by atoms with van der Waals surface area (Å²) in [5.74, 6) is -2.36. The van der Waals surface area contributed by atoms with Gasteiger partial charge in [0.05, 0.1) is 18.2 Å². The Morgan fingerprint density at radius 3 is 1.34 bits per heavy atom. The fourth-order valence-electron chi connectivity index (χ4n) is 6.43. The molecule has 3 N–H and O–H groups in total. The second-order valence-electron chi connectivity index (χ2n) is 13.8. The number of hydrogen-bond donors (Lipinski definition) is 3. The number of cyclic esters (lactones) is 2. The molecule has 0 saturated carbocycles. The van der Waals surface area contributed by atoms with Gasteiger partial charge in [-0.3, -0.25) is 0 Å². The molecule has 0 unspecified atom stereocenters. The zero-order valence-corrected chi connectivity index (χ0v) is 35.4. The molecular weight excluding hydrogens is 945 g/mol. The van der Waals surface area contributed by atoms with Gasteiger partial charge in [-0.15, -0.1) is 0 Å². The van der Waals surface area contributed by atoms with Crippen molar-refractivity contribution in [2.75, 3.05) is 7.11 Å². The summed E-state index contributed by atoms with van der Waals surface area (Å²) in [7, 11) is -0.1000. The van der Waals surface area contributed by atoms with E-state index in [4.69, 9.17) is 24.3 Å². The van der Waals surface area contributed by atoms with E-state index in [1.807, 2.05) is 72.8 Å². The fraction of sp³-hybridized carbons (Fsp3) is 0.0980. The third-order valence-corrected chi connectivity index (χ3v) is 10.3. The largest absolute Gasteiger partial charge is 0.504 e. The SMILES string of the molecule is C.C.COC1=C(Br)C(=O)O/C1=C\c1ccccc1C(F)(F)F.O=C1O/C(=C\c2ccccc2C(F)(F)F)C(O)=C1c1ccc(-c2ccccc2)cc1.OB(O)c1ccc(-c2ccccc2)cc1. The molecule has 346 valence electrons. The first-order valence-corrected chi connectivity index (χ1v) is 20.0. The van der Waals surface area contributed by atoms with Gasteiger partial charge in [0.25, 0.3) is 0 Å². The van der Waals surface area contributed by atoms with Crippen molar-refractivity contribution in [3.8, 4) is 22.3 Å². The average Bonchev–Trinajstić information content (AvgIpc) is 3.73. The number of aliphatic hydroxyl groups is 1. The Morgan fingerprint density at radius 2 is 0.910 bits per heavy atom. The van der Waals surface area contributed by atoms with Gasteiger partial charge in [-0.25, -0.2) is 9.59 Å². The van der Waals surface area contributed by atoms with Gasteiger partial charge >= 0.3 is 31.4 Å². The van der Waals surface area contributed by atoms with Crippen LogP contribution >= 0.6 is 15.9 Å². The van der Waals surface area contributed by atoms with E-state index in [1.54, 1.807) is 36.4 Å². The number of halogens is 7. The molecule has 6 aromatic carbocycles. The van der Waals surface area contributed by atoms with Crippen LogP contribution < -0.4 is 5.46 Å². The second kappa shape index (κ2) is 22.9. The van der Waals surface area contributed by atoms with E-state index in [2.05, 4.69) is 15.9 Å². The maximum atomic E-state index is 13.2. The maximum Gasteiger partial charge on any atom is 0.488 e. The van der Waals surface area contributed by atoms with Crippen molar-refractivity contribution < 1.29 is 65.3 Å². The molecule has 0 aliphatic carbocycles. The first kappa shape index (κ1) is 52.5. The minimum atomic E-state index is -4.58. The van der Waals surface area contributed by atoms with Crippen LogP contribution in [0.5, 0.6) is 0 Å². The summed E-state index contributed by atoms with van der Waals surface area (Å²) in [5.41, 5.74) is 2.89. The van der Waals surface area contributed by atoms with Gasteiger partial charge < -0.3 is 29.4 Å². The number of aliphatic hydroxyl groups excluding tert-OH is 1. The predicted octanol–water partition coefficient (Wildman–Crippen LogP) is 12.4. The predicted molar refractivity (Wildman–Crippen MR) is 251 cm³/mol. The van der Waals surface area contributed by atoms with E-state index < -0.39 is 48.3 Å². The number of carbonyl (C=O) groups excluding carboxylic acids is 2. The summed E-state index contributed by atoms with van der Waals surface area (Å²) in [4.78, 5) is 23.7. The van der Waals surface area contributed by atoms with Crippen LogP contribution in [-0.2, 0) is 36.2 Å². The number of ether oxygens (including phenoxy) is 3. The molecule has 16 heteroatoms. The molecule has 67 heavy (non-hydrogen) atoms. The summed E-state index contributed by atoms with van der Waals surface area (Å²) < 4.78 is 93.1. The molecule has 0 aromatic heterocycles. The summed E-state index contributed by atoms with van der Waals surface area (Å²) in [6.07, 6.45) is -6.94. The third-order valence-electron chi connectivity index (χ3n) is 9.59. The first-order valence-electron chi connectivity index (χ1n) is 19.2. The Kier molecular flexibility index (Phi) is 17.9. The van der Waals surface area contributed by atoms with Gasteiger partial charge in [0.2, 0.25) is 0 Å². The van der Waals surface area contributed by atoms with E-state index >= 15 is 0 Å². The molecule has 0 bridgehead atoms. The molecule has 0 radical (unpaired) electrons. The van der Waals surface area contributed by atoms with Crippen LogP contribution in [0.4, 0.5) is 26.3 Å². The Balaban J connectivity index is 0.000000230. The summed E-state index contributed by atoms with van der Waals surface area (Å²) in [6, 6.07) is 43.5. The van der Waals surface area contributed by atoms with Crippen LogP contribution in [0.15, 0.2) is 185 Å². The number of methoxy groups -OCH3 is 1. The van der Waals surface area contributed by atoms with Crippen LogP contribution in [0, 0.1) is 0 Å². The van der Waals surface area contributed by atoms with Gasteiger partial charge in [-0.2, -0.15) is 26.3 Å². The smallest absolute Gasteiger partial charge is 0.488 e. The number of esters is 2. The zero-order chi connectivity index (χ0) is 46.9. The van der Waals surface area contributed by atoms with Crippen molar-refractivity contribution in [3.63, 3.8) is 0 Å². The number of rotatable bonds is 7. The van der Waals surface area contributed by atoms with Gasteiger partial charge in [0, 0.05) is 0 Å². The zero-order valence-electron chi connectivity index (χ0n) is 33.8. The number of carbonyl (C=O) groups is 2. The van der Waals surface area contributed by atoms with Crippen LogP contribution in [0.3, 0.4) is 0 Å². The molecule has 6 aromatic rings. The van der Waals surface area contributed by atoms with Crippen molar-refractivity contribution in [1.82, 2.24) is 0 Å². The minimum absolute atomic E-state index is 0. The Labute approximate surface area is 391 Å². The van der Waals surface area contributed by atoms with Crippen molar-refractivity contribution in [1.29, 1.82) is 0 Å². The topological polar surface area (TPSA) is 123 Å². The molecule has 8 rings (SSSR count). The number of benzene rings is 6. The Hall–Kier alpha value is -7.14. The summed E-state index contributed by atoms with van der Waals surface area (Å²) in [6.45, 7) is 0. The highest BCUT2D eigenvalue weighted by Crippen LogP contribution is 2.38. The van der Waals surface area contributed by atoms with Crippen LogP contribution in [-0.4, -0.2) is 41.3 Å². The maximum absolute atomic E-state index is 13.2.